The van der Waals surface area contributed by atoms with Crippen LogP contribution in [0.3, 0.4) is 0 Å². The third-order valence-electron chi connectivity index (χ3n) is 4.05. The zero-order valence-electron chi connectivity index (χ0n) is 11.3. The zero-order chi connectivity index (χ0) is 12.8. The first-order valence-corrected chi connectivity index (χ1v) is 7.11. The van der Waals surface area contributed by atoms with E-state index in [9.17, 15) is 5.11 Å². The molecule has 0 saturated heterocycles. The van der Waals surface area contributed by atoms with E-state index in [1.54, 1.807) is 7.11 Å². The molecule has 0 heterocycles. The second kappa shape index (κ2) is 6.79. The Morgan fingerprint density at radius 3 is 2.78 bits per heavy atom. The van der Waals surface area contributed by atoms with Crippen LogP contribution in [0.5, 0.6) is 5.75 Å². The standard InChI is InChI=1S/C16H24O2/c1-18-15-9-5-8-14(12-15)16(17)11-10-13-6-3-2-4-7-13/h5,8-9,12-13,16-17H,2-4,6-7,10-11H2,1H3. The molecule has 0 radical (unpaired) electrons. The summed E-state index contributed by atoms with van der Waals surface area (Å²) >= 11 is 0. The highest BCUT2D eigenvalue weighted by Gasteiger charge is 2.16. The number of hydrogen-bond acceptors (Lipinski definition) is 2. The molecule has 0 bridgehead atoms. The molecule has 1 N–H and O–H groups in total. The first kappa shape index (κ1) is 13.4. The summed E-state index contributed by atoms with van der Waals surface area (Å²) in [5.74, 6) is 1.66. The number of hydrogen-bond donors (Lipinski definition) is 1. The van der Waals surface area contributed by atoms with Crippen LogP contribution < -0.4 is 4.74 Å². The number of ether oxygens (including phenoxy) is 1. The summed E-state index contributed by atoms with van der Waals surface area (Å²) in [5, 5.41) is 10.2. The summed E-state index contributed by atoms with van der Waals surface area (Å²) in [4.78, 5) is 0. The molecule has 1 saturated carbocycles. The van der Waals surface area contributed by atoms with Crippen molar-refractivity contribution in [1.29, 1.82) is 0 Å². The minimum atomic E-state index is -0.345. The fourth-order valence-electron chi connectivity index (χ4n) is 2.88. The Morgan fingerprint density at radius 1 is 1.28 bits per heavy atom. The predicted octanol–water partition coefficient (Wildman–Crippen LogP) is 4.09. The van der Waals surface area contributed by atoms with Crippen molar-refractivity contribution in [3.63, 3.8) is 0 Å². The maximum Gasteiger partial charge on any atom is 0.119 e. The van der Waals surface area contributed by atoms with Crippen molar-refractivity contribution in [3.8, 4) is 5.75 Å². The largest absolute Gasteiger partial charge is 0.497 e. The molecule has 2 nitrogen and oxygen atoms in total. The van der Waals surface area contributed by atoms with Crippen LogP contribution in [-0.4, -0.2) is 12.2 Å². The third-order valence-corrected chi connectivity index (χ3v) is 4.05. The van der Waals surface area contributed by atoms with Gasteiger partial charge in [0.1, 0.15) is 5.75 Å². The molecule has 0 aliphatic heterocycles. The molecule has 1 aromatic carbocycles. The van der Waals surface area contributed by atoms with Crippen LogP contribution in [0.4, 0.5) is 0 Å². The van der Waals surface area contributed by atoms with Gasteiger partial charge in [0.05, 0.1) is 13.2 Å². The van der Waals surface area contributed by atoms with E-state index in [-0.39, 0.29) is 6.10 Å². The van der Waals surface area contributed by atoms with Crippen molar-refractivity contribution < 1.29 is 9.84 Å². The van der Waals surface area contributed by atoms with E-state index in [0.717, 1.165) is 30.1 Å². The van der Waals surface area contributed by atoms with E-state index in [1.165, 1.54) is 32.1 Å². The van der Waals surface area contributed by atoms with Gasteiger partial charge in [0.15, 0.2) is 0 Å². The van der Waals surface area contributed by atoms with Gasteiger partial charge in [0, 0.05) is 0 Å². The minimum absolute atomic E-state index is 0.345. The van der Waals surface area contributed by atoms with Crippen LogP contribution in [0.1, 0.15) is 56.6 Å². The normalized spacial score (nSPS) is 18.6. The van der Waals surface area contributed by atoms with Crippen molar-refractivity contribution in [2.45, 2.75) is 51.0 Å². The fraction of sp³-hybridized carbons (Fsp3) is 0.625. The lowest BCUT2D eigenvalue weighted by Gasteiger charge is -2.22. The Bertz CT molecular complexity index is 356. The van der Waals surface area contributed by atoms with E-state index in [1.807, 2.05) is 24.3 Å². The monoisotopic (exact) mass is 248 g/mol. The highest BCUT2D eigenvalue weighted by Crippen LogP contribution is 2.30. The molecule has 1 aliphatic rings. The molecule has 1 fully saturated rings. The first-order chi connectivity index (χ1) is 8.79. The molecule has 100 valence electrons. The van der Waals surface area contributed by atoms with Crippen molar-refractivity contribution in [2.24, 2.45) is 5.92 Å². The predicted molar refractivity (Wildman–Crippen MR) is 73.8 cm³/mol. The second-order valence-corrected chi connectivity index (χ2v) is 5.37. The SMILES string of the molecule is COc1cccc(C(O)CCC2CCCCC2)c1. The average Bonchev–Trinajstić information content (AvgIpc) is 2.46. The maximum atomic E-state index is 10.2. The van der Waals surface area contributed by atoms with Crippen molar-refractivity contribution in [3.05, 3.63) is 29.8 Å². The number of aliphatic hydroxyl groups excluding tert-OH is 1. The molecule has 1 atom stereocenters. The molecule has 1 aliphatic carbocycles. The first-order valence-electron chi connectivity index (χ1n) is 7.11. The van der Waals surface area contributed by atoms with Crippen LogP contribution in [0.2, 0.25) is 0 Å². The molecular formula is C16H24O2. The van der Waals surface area contributed by atoms with Gasteiger partial charge in [-0.1, -0.05) is 44.2 Å². The van der Waals surface area contributed by atoms with Crippen LogP contribution in [-0.2, 0) is 0 Å². The molecule has 2 rings (SSSR count). The second-order valence-electron chi connectivity index (χ2n) is 5.37. The number of methoxy groups -OCH3 is 1. The summed E-state index contributed by atoms with van der Waals surface area (Å²) in [5.41, 5.74) is 0.977. The van der Waals surface area contributed by atoms with Gasteiger partial charge < -0.3 is 9.84 Å². The molecule has 2 heteroatoms. The number of benzene rings is 1. The summed E-state index contributed by atoms with van der Waals surface area (Å²) < 4.78 is 5.19. The molecule has 18 heavy (non-hydrogen) atoms. The van der Waals surface area contributed by atoms with E-state index < -0.39 is 0 Å². The molecule has 1 aromatic rings. The van der Waals surface area contributed by atoms with Crippen molar-refractivity contribution in [1.82, 2.24) is 0 Å². The summed E-state index contributed by atoms with van der Waals surface area (Å²) in [6.45, 7) is 0. The van der Waals surface area contributed by atoms with E-state index in [0.29, 0.717) is 0 Å². The third kappa shape index (κ3) is 3.74. The average molecular weight is 248 g/mol. The van der Waals surface area contributed by atoms with Crippen LogP contribution in [0, 0.1) is 5.92 Å². The molecule has 0 amide bonds. The van der Waals surface area contributed by atoms with Crippen molar-refractivity contribution in [2.75, 3.05) is 7.11 Å². The van der Waals surface area contributed by atoms with Crippen molar-refractivity contribution >= 4 is 0 Å². The lowest BCUT2D eigenvalue weighted by molar-refractivity contribution is 0.151. The van der Waals surface area contributed by atoms with Gasteiger partial charge in [-0.3, -0.25) is 0 Å². The molecular weight excluding hydrogens is 224 g/mol. The Kier molecular flexibility index (Phi) is 5.06. The molecule has 0 aromatic heterocycles. The highest BCUT2D eigenvalue weighted by atomic mass is 16.5. The topological polar surface area (TPSA) is 29.5 Å². The van der Waals surface area contributed by atoms with Crippen LogP contribution in [0.25, 0.3) is 0 Å². The zero-order valence-corrected chi connectivity index (χ0v) is 11.3. The van der Waals surface area contributed by atoms with E-state index in [2.05, 4.69) is 0 Å². The Balaban J connectivity index is 1.84. The summed E-state index contributed by atoms with van der Waals surface area (Å²) in [6.07, 6.45) is 8.53. The summed E-state index contributed by atoms with van der Waals surface area (Å²) in [6, 6.07) is 7.77. The van der Waals surface area contributed by atoms with Gasteiger partial charge >= 0.3 is 0 Å². The lowest BCUT2D eigenvalue weighted by atomic mass is 9.85. The quantitative estimate of drug-likeness (QED) is 0.850. The molecule has 0 spiro atoms. The Hall–Kier alpha value is -1.02. The van der Waals surface area contributed by atoms with Crippen LogP contribution in [0.15, 0.2) is 24.3 Å². The summed E-state index contributed by atoms with van der Waals surface area (Å²) in [7, 11) is 1.66. The lowest BCUT2D eigenvalue weighted by Crippen LogP contribution is -2.08. The van der Waals surface area contributed by atoms with E-state index >= 15 is 0 Å². The van der Waals surface area contributed by atoms with Gasteiger partial charge in [0.25, 0.3) is 0 Å². The van der Waals surface area contributed by atoms with Gasteiger partial charge in [-0.05, 0) is 36.5 Å². The Labute approximate surface area is 110 Å². The van der Waals surface area contributed by atoms with Crippen LogP contribution >= 0.6 is 0 Å². The smallest absolute Gasteiger partial charge is 0.119 e. The van der Waals surface area contributed by atoms with Gasteiger partial charge in [0.2, 0.25) is 0 Å². The number of rotatable bonds is 5. The van der Waals surface area contributed by atoms with Gasteiger partial charge in [-0.15, -0.1) is 0 Å². The highest BCUT2D eigenvalue weighted by molar-refractivity contribution is 5.29. The number of aliphatic hydroxyl groups is 1. The minimum Gasteiger partial charge on any atom is -0.497 e. The van der Waals surface area contributed by atoms with E-state index in [4.69, 9.17) is 4.74 Å². The Morgan fingerprint density at radius 2 is 2.06 bits per heavy atom. The maximum absolute atomic E-state index is 10.2. The van der Waals surface area contributed by atoms with Gasteiger partial charge in [-0.2, -0.15) is 0 Å². The fourth-order valence-corrected chi connectivity index (χ4v) is 2.88. The van der Waals surface area contributed by atoms with Gasteiger partial charge in [-0.25, -0.2) is 0 Å². The molecule has 1 unspecified atom stereocenters.